The van der Waals surface area contributed by atoms with Crippen molar-refractivity contribution in [1.29, 1.82) is 5.26 Å². The van der Waals surface area contributed by atoms with Crippen LogP contribution in [0.25, 0.3) is 0 Å². The van der Waals surface area contributed by atoms with Gasteiger partial charge in [-0.2, -0.15) is 5.26 Å². The molecule has 0 fully saturated rings. The molecule has 0 bridgehead atoms. The molecule has 0 saturated carbocycles. The number of carboxylic acid groups (broad SMARTS) is 1. The van der Waals surface area contributed by atoms with Crippen molar-refractivity contribution in [2.45, 2.75) is 12.8 Å². The van der Waals surface area contributed by atoms with E-state index >= 15 is 0 Å². The van der Waals surface area contributed by atoms with Gasteiger partial charge in [0, 0.05) is 25.7 Å². The van der Waals surface area contributed by atoms with Crippen molar-refractivity contribution in [2.75, 3.05) is 18.5 Å². The first-order valence-corrected chi connectivity index (χ1v) is 5.55. The van der Waals surface area contributed by atoms with E-state index in [0.29, 0.717) is 23.6 Å². The molecular formula is C12H13ClN2O2. The van der Waals surface area contributed by atoms with E-state index in [2.05, 4.69) is 0 Å². The summed E-state index contributed by atoms with van der Waals surface area (Å²) in [6.45, 7) is 0.633. The van der Waals surface area contributed by atoms with Gasteiger partial charge in [0.05, 0.1) is 10.6 Å². The average molecular weight is 253 g/mol. The highest BCUT2D eigenvalue weighted by atomic mass is 35.5. The maximum absolute atomic E-state index is 10.4. The molecule has 0 saturated heterocycles. The van der Waals surface area contributed by atoms with Gasteiger partial charge in [-0.3, -0.25) is 4.79 Å². The van der Waals surface area contributed by atoms with Crippen LogP contribution in [0.5, 0.6) is 0 Å². The summed E-state index contributed by atoms with van der Waals surface area (Å²) in [5, 5.41) is 17.7. The number of hydrogen-bond acceptors (Lipinski definition) is 3. The van der Waals surface area contributed by atoms with Gasteiger partial charge in [0.25, 0.3) is 0 Å². The van der Waals surface area contributed by atoms with Crippen LogP contribution in [0.3, 0.4) is 0 Å². The number of aliphatic carboxylic acids is 1. The van der Waals surface area contributed by atoms with Crippen molar-refractivity contribution in [1.82, 2.24) is 0 Å². The van der Waals surface area contributed by atoms with Crippen molar-refractivity contribution >= 4 is 23.3 Å². The molecule has 1 aromatic carbocycles. The van der Waals surface area contributed by atoms with Crippen LogP contribution in [0.4, 0.5) is 5.69 Å². The summed E-state index contributed by atoms with van der Waals surface area (Å²) in [7, 11) is 1.86. The minimum Gasteiger partial charge on any atom is -0.481 e. The maximum Gasteiger partial charge on any atom is 0.303 e. The molecule has 1 aromatic rings. The summed E-state index contributed by atoms with van der Waals surface area (Å²) in [6, 6.07) is 7.16. The molecule has 1 rings (SSSR count). The number of benzene rings is 1. The Morgan fingerprint density at radius 3 is 2.82 bits per heavy atom. The van der Waals surface area contributed by atoms with Gasteiger partial charge in [-0.1, -0.05) is 11.6 Å². The lowest BCUT2D eigenvalue weighted by atomic mass is 10.2. The molecule has 1 N–H and O–H groups in total. The molecule has 5 heteroatoms. The number of halogens is 1. The van der Waals surface area contributed by atoms with Gasteiger partial charge in [0.1, 0.15) is 6.07 Å². The second-order valence-electron chi connectivity index (χ2n) is 3.69. The fourth-order valence-electron chi connectivity index (χ4n) is 1.43. The van der Waals surface area contributed by atoms with Gasteiger partial charge in [0.2, 0.25) is 0 Å². The molecule has 0 heterocycles. The predicted octanol–water partition coefficient (Wildman–Crippen LogP) is 2.51. The lowest BCUT2D eigenvalue weighted by Gasteiger charge is -2.19. The first-order chi connectivity index (χ1) is 8.04. The third-order valence-corrected chi connectivity index (χ3v) is 2.71. The molecule has 0 atom stereocenters. The molecule has 0 amide bonds. The minimum atomic E-state index is -0.795. The molecule has 0 radical (unpaired) electrons. The summed E-state index contributed by atoms with van der Waals surface area (Å²) in [6.07, 6.45) is 0.720. The molecule has 0 unspecified atom stereocenters. The maximum atomic E-state index is 10.4. The van der Waals surface area contributed by atoms with Crippen molar-refractivity contribution in [3.8, 4) is 6.07 Å². The second-order valence-corrected chi connectivity index (χ2v) is 4.10. The Labute approximate surface area is 105 Å². The van der Waals surface area contributed by atoms with E-state index in [0.717, 1.165) is 5.69 Å². The number of carbonyl (C=O) groups is 1. The fraction of sp³-hybridized carbons (Fsp3) is 0.333. The molecule has 0 aromatic heterocycles. The molecule has 0 aliphatic heterocycles. The van der Waals surface area contributed by atoms with Gasteiger partial charge >= 0.3 is 5.97 Å². The summed E-state index contributed by atoms with van der Waals surface area (Å²) >= 11 is 5.91. The van der Waals surface area contributed by atoms with Gasteiger partial charge in [-0.25, -0.2) is 0 Å². The van der Waals surface area contributed by atoms with E-state index in [1.54, 1.807) is 18.2 Å². The average Bonchev–Trinajstić information content (AvgIpc) is 2.28. The Hall–Kier alpha value is -1.73. The minimum absolute atomic E-state index is 0.147. The monoisotopic (exact) mass is 252 g/mol. The lowest BCUT2D eigenvalue weighted by Crippen LogP contribution is -2.19. The first kappa shape index (κ1) is 13.3. The SMILES string of the molecule is CN(CCCC(=O)O)c1ccc(C#N)c(Cl)c1. The van der Waals surface area contributed by atoms with Crippen LogP contribution < -0.4 is 4.90 Å². The van der Waals surface area contributed by atoms with E-state index in [9.17, 15) is 4.79 Å². The van der Waals surface area contributed by atoms with Gasteiger partial charge < -0.3 is 10.0 Å². The number of anilines is 1. The zero-order valence-corrected chi connectivity index (χ0v) is 10.2. The third kappa shape index (κ3) is 3.97. The van der Waals surface area contributed by atoms with Crippen molar-refractivity contribution < 1.29 is 9.90 Å². The largest absolute Gasteiger partial charge is 0.481 e. The zero-order valence-electron chi connectivity index (χ0n) is 9.48. The summed E-state index contributed by atoms with van der Waals surface area (Å²) in [5.74, 6) is -0.795. The molecule has 0 aliphatic carbocycles. The summed E-state index contributed by atoms with van der Waals surface area (Å²) in [4.78, 5) is 12.3. The molecule has 17 heavy (non-hydrogen) atoms. The van der Waals surface area contributed by atoms with Crippen molar-refractivity contribution in [3.05, 3.63) is 28.8 Å². The van der Waals surface area contributed by atoms with Crippen LogP contribution in [0.1, 0.15) is 18.4 Å². The van der Waals surface area contributed by atoms with Crippen LogP contribution in [0.15, 0.2) is 18.2 Å². The molecule has 0 aliphatic rings. The highest BCUT2D eigenvalue weighted by molar-refractivity contribution is 6.32. The second kappa shape index (κ2) is 6.12. The van der Waals surface area contributed by atoms with Crippen LogP contribution in [0.2, 0.25) is 5.02 Å². The van der Waals surface area contributed by atoms with E-state index in [1.807, 2.05) is 18.0 Å². The Morgan fingerprint density at radius 2 is 2.29 bits per heavy atom. The third-order valence-electron chi connectivity index (χ3n) is 2.40. The molecule has 4 nitrogen and oxygen atoms in total. The fourth-order valence-corrected chi connectivity index (χ4v) is 1.65. The highest BCUT2D eigenvalue weighted by Crippen LogP contribution is 2.22. The van der Waals surface area contributed by atoms with Gasteiger partial charge in [-0.15, -0.1) is 0 Å². The number of nitriles is 1. The number of carboxylic acids is 1. The van der Waals surface area contributed by atoms with Gasteiger partial charge in [-0.05, 0) is 24.6 Å². The van der Waals surface area contributed by atoms with Crippen LogP contribution in [-0.2, 0) is 4.79 Å². The number of rotatable bonds is 5. The number of nitrogens with zero attached hydrogens (tertiary/aromatic N) is 2. The Balaban J connectivity index is 2.64. The first-order valence-electron chi connectivity index (χ1n) is 5.17. The van der Waals surface area contributed by atoms with Crippen molar-refractivity contribution in [2.24, 2.45) is 0 Å². The Kier molecular flexibility index (Phi) is 4.80. The highest BCUT2D eigenvalue weighted by Gasteiger charge is 2.06. The van der Waals surface area contributed by atoms with Crippen LogP contribution in [0, 0.1) is 11.3 Å². The smallest absolute Gasteiger partial charge is 0.303 e. The standard InChI is InChI=1S/C12H13ClN2O2/c1-15(6-2-3-12(16)17)10-5-4-9(8-14)11(13)7-10/h4-5,7H,2-3,6H2,1H3,(H,16,17). The van der Waals surface area contributed by atoms with E-state index < -0.39 is 5.97 Å². The van der Waals surface area contributed by atoms with E-state index in [1.165, 1.54) is 0 Å². The van der Waals surface area contributed by atoms with Crippen LogP contribution >= 0.6 is 11.6 Å². The van der Waals surface area contributed by atoms with E-state index in [4.69, 9.17) is 22.0 Å². The normalized spacial score (nSPS) is 9.71. The number of hydrogen-bond donors (Lipinski definition) is 1. The Bertz CT molecular complexity index is 454. The van der Waals surface area contributed by atoms with Crippen LogP contribution in [-0.4, -0.2) is 24.7 Å². The lowest BCUT2D eigenvalue weighted by molar-refractivity contribution is -0.137. The molecular weight excluding hydrogens is 240 g/mol. The summed E-state index contributed by atoms with van der Waals surface area (Å²) < 4.78 is 0. The summed E-state index contributed by atoms with van der Waals surface area (Å²) in [5.41, 5.74) is 1.31. The topological polar surface area (TPSA) is 64.3 Å². The molecule has 90 valence electrons. The predicted molar refractivity (Wildman–Crippen MR) is 66.3 cm³/mol. The molecule has 0 spiro atoms. The van der Waals surface area contributed by atoms with Crippen molar-refractivity contribution in [3.63, 3.8) is 0 Å². The quantitative estimate of drug-likeness (QED) is 0.875. The van der Waals surface area contributed by atoms with Gasteiger partial charge in [0.15, 0.2) is 0 Å². The Morgan fingerprint density at radius 1 is 1.59 bits per heavy atom. The zero-order chi connectivity index (χ0) is 12.8. The van der Waals surface area contributed by atoms with E-state index in [-0.39, 0.29) is 6.42 Å².